The van der Waals surface area contributed by atoms with Crippen LogP contribution in [0.4, 0.5) is 11.4 Å². The molecule has 7 heteroatoms. The van der Waals surface area contributed by atoms with Gasteiger partial charge in [-0.05, 0) is 29.8 Å². The van der Waals surface area contributed by atoms with Gasteiger partial charge in [0.25, 0.3) is 11.6 Å². The number of carbonyl (C=O) groups is 2. The monoisotopic (exact) mass is 313 g/mol. The van der Waals surface area contributed by atoms with E-state index < -0.39 is 4.92 Å². The molecular formula is C16H15N3O4. The maximum atomic E-state index is 12.1. The smallest absolute Gasteiger partial charge is 0.269 e. The number of carbonyl (C=O) groups excluding carboxylic acids is 2. The molecule has 2 rings (SSSR count). The third-order valence-corrected chi connectivity index (χ3v) is 3.20. The van der Waals surface area contributed by atoms with Gasteiger partial charge in [0.05, 0.1) is 11.3 Å². The molecule has 23 heavy (non-hydrogen) atoms. The Morgan fingerprint density at radius 1 is 1.04 bits per heavy atom. The van der Waals surface area contributed by atoms with E-state index in [0.717, 1.165) is 5.56 Å². The number of non-ortho nitro benzene ring substituents is 1. The summed E-state index contributed by atoms with van der Waals surface area (Å²) in [7, 11) is 1.57. The Morgan fingerprint density at radius 3 is 2.17 bits per heavy atom. The molecule has 0 saturated heterocycles. The number of nitro benzene ring substituents is 1. The number of nitrogens with zero attached hydrogens (tertiary/aromatic N) is 1. The molecule has 0 aliphatic heterocycles. The second kappa shape index (κ2) is 7.17. The molecule has 2 aromatic carbocycles. The van der Waals surface area contributed by atoms with E-state index in [1.54, 1.807) is 31.3 Å². The molecule has 0 atom stereocenters. The van der Waals surface area contributed by atoms with Crippen LogP contribution in [0.5, 0.6) is 0 Å². The van der Waals surface area contributed by atoms with Crippen LogP contribution in [0.25, 0.3) is 0 Å². The molecule has 0 aliphatic carbocycles. The van der Waals surface area contributed by atoms with Gasteiger partial charge >= 0.3 is 0 Å². The summed E-state index contributed by atoms with van der Waals surface area (Å²) in [5.41, 5.74) is 1.66. The second-order valence-electron chi connectivity index (χ2n) is 4.80. The summed E-state index contributed by atoms with van der Waals surface area (Å²) in [4.78, 5) is 33.4. The van der Waals surface area contributed by atoms with Gasteiger partial charge in [0, 0.05) is 30.4 Å². The summed E-state index contributed by atoms with van der Waals surface area (Å²) < 4.78 is 0. The van der Waals surface area contributed by atoms with Crippen molar-refractivity contribution in [3.8, 4) is 0 Å². The maximum absolute atomic E-state index is 12.1. The number of anilines is 1. The van der Waals surface area contributed by atoms with Gasteiger partial charge in [0.2, 0.25) is 5.91 Å². The van der Waals surface area contributed by atoms with Gasteiger partial charge in [-0.2, -0.15) is 0 Å². The van der Waals surface area contributed by atoms with Gasteiger partial charge in [-0.25, -0.2) is 0 Å². The third-order valence-electron chi connectivity index (χ3n) is 3.20. The minimum absolute atomic E-state index is 0.0693. The zero-order chi connectivity index (χ0) is 16.8. The Balaban J connectivity index is 2.02. The first kappa shape index (κ1) is 16.2. The maximum Gasteiger partial charge on any atom is 0.269 e. The molecule has 0 aromatic heterocycles. The Labute approximate surface area is 132 Å². The van der Waals surface area contributed by atoms with Gasteiger partial charge in [-0.1, -0.05) is 12.1 Å². The normalized spacial score (nSPS) is 9.96. The van der Waals surface area contributed by atoms with E-state index in [1.807, 2.05) is 0 Å². The second-order valence-corrected chi connectivity index (χ2v) is 4.80. The molecule has 0 spiro atoms. The van der Waals surface area contributed by atoms with E-state index >= 15 is 0 Å². The lowest BCUT2D eigenvalue weighted by Crippen LogP contribution is -2.19. The van der Waals surface area contributed by atoms with Crippen LogP contribution >= 0.6 is 0 Å². The van der Waals surface area contributed by atoms with Crippen LogP contribution in [0, 0.1) is 10.1 Å². The number of nitro groups is 1. The Morgan fingerprint density at radius 2 is 1.65 bits per heavy atom. The van der Waals surface area contributed by atoms with Crippen LogP contribution in [-0.2, 0) is 11.2 Å². The number of amides is 2. The van der Waals surface area contributed by atoms with Gasteiger partial charge in [-0.15, -0.1) is 0 Å². The predicted octanol–water partition coefficient (Wildman–Crippen LogP) is 2.14. The zero-order valence-electron chi connectivity index (χ0n) is 12.4. The molecule has 2 aromatic rings. The van der Waals surface area contributed by atoms with Crippen LogP contribution in [-0.4, -0.2) is 23.8 Å². The Hall–Kier alpha value is -3.22. The molecule has 2 N–H and O–H groups in total. The highest BCUT2D eigenvalue weighted by molar-refractivity contribution is 6.04. The highest BCUT2D eigenvalue weighted by atomic mass is 16.6. The van der Waals surface area contributed by atoms with E-state index in [2.05, 4.69) is 10.6 Å². The van der Waals surface area contributed by atoms with Crippen molar-refractivity contribution >= 4 is 23.2 Å². The predicted molar refractivity (Wildman–Crippen MR) is 85.3 cm³/mol. The van der Waals surface area contributed by atoms with Crippen LogP contribution in [0.2, 0.25) is 0 Å². The molecule has 118 valence electrons. The number of nitrogens with one attached hydrogen (secondary N) is 2. The highest BCUT2D eigenvalue weighted by Crippen LogP contribution is 2.15. The van der Waals surface area contributed by atoms with E-state index in [0.29, 0.717) is 11.3 Å². The molecule has 7 nitrogen and oxygen atoms in total. The molecule has 0 unspecified atom stereocenters. The highest BCUT2D eigenvalue weighted by Gasteiger charge is 2.10. The first-order valence-electron chi connectivity index (χ1n) is 6.85. The SMILES string of the molecule is CNC(=O)Cc1ccc(NC(=O)c2ccc([N+](=O)[O-])cc2)cc1. The van der Waals surface area contributed by atoms with Gasteiger partial charge < -0.3 is 10.6 Å². The van der Waals surface area contributed by atoms with Crippen molar-refractivity contribution in [2.24, 2.45) is 0 Å². The van der Waals surface area contributed by atoms with Gasteiger partial charge in [-0.3, -0.25) is 19.7 Å². The quantitative estimate of drug-likeness (QED) is 0.652. The fraction of sp³-hybridized carbons (Fsp3) is 0.125. The first-order chi connectivity index (χ1) is 11.0. The number of hydrogen-bond acceptors (Lipinski definition) is 4. The fourth-order valence-corrected chi connectivity index (χ4v) is 1.92. The largest absolute Gasteiger partial charge is 0.359 e. The summed E-state index contributed by atoms with van der Waals surface area (Å²) in [6.45, 7) is 0. The van der Waals surface area contributed by atoms with Crippen molar-refractivity contribution in [2.75, 3.05) is 12.4 Å². The minimum atomic E-state index is -0.521. The minimum Gasteiger partial charge on any atom is -0.359 e. The van der Waals surface area contributed by atoms with E-state index in [1.165, 1.54) is 24.3 Å². The van der Waals surface area contributed by atoms with E-state index in [-0.39, 0.29) is 23.9 Å². The Kier molecular flexibility index (Phi) is 5.03. The molecule has 0 aliphatic rings. The summed E-state index contributed by atoms with van der Waals surface area (Å²) in [6, 6.07) is 12.2. The average molecular weight is 313 g/mol. The third kappa shape index (κ3) is 4.37. The van der Waals surface area contributed by atoms with E-state index in [4.69, 9.17) is 0 Å². The van der Waals surface area contributed by atoms with Crippen LogP contribution in [0.15, 0.2) is 48.5 Å². The Bertz CT molecular complexity index is 724. The fourth-order valence-electron chi connectivity index (χ4n) is 1.92. The van der Waals surface area contributed by atoms with Crippen LogP contribution in [0.1, 0.15) is 15.9 Å². The van der Waals surface area contributed by atoms with Crippen molar-refractivity contribution in [2.45, 2.75) is 6.42 Å². The average Bonchev–Trinajstić information content (AvgIpc) is 2.56. The number of hydrogen-bond donors (Lipinski definition) is 2. The van der Waals surface area contributed by atoms with Crippen molar-refractivity contribution in [3.05, 3.63) is 69.8 Å². The summed E-state index contributed by atoms with van der Waals surface area (Å²) in [5.74, 6) is -0.452. The molecular weight excluding hydrogens is 298 g/mol. The molecule has 0 saturated carbocycles. The number of benzene rings is 2. The van der Waals surface area contributed by atoms with Crippen molar-refractivity contribution in [1.82, 2.24) is 5.32 Å². The van der Waals surface area contributed by atoms with Gasteiger partial charge in [0.1, 0.15) is 0 Å². The lowest BCUT2D eigenvalue weighted by atomic mass is 10.1. The van der Waals surface area contributed by atoms with Gasteiger partial charge in [0.15, 0.2) is 0 Å². The van der Waals surface area contributed by atoms with Crippen LogP contribution < -0.4 is 10.6 Å². The summed E-state index contributed by atoms with van der Waals surface area (Å²) in [5, 5.41) is 15.8. The molecule has 0 radical (unpaired) electrons. The van der Waals surface area contributed by atoms with E-state index in [9.17, 15) is 19.7 Å². The standard InChI is InChI=1S/C16H15N3O4/c1-17-15(20)10-11-2-6-13(7-3-11)18-16(21)12-4-8-14(9-5-12)19(22)23/h2-9H,10H2,1H3,(H,17,20)(H,18,21). The van der Waals surface area contributed by atoms with Crippen molar-refractivity contribution in [3.63, 3.8) is 0 Å². The zero-order valence-corrected chi connectivity index (χ0v) is 12.4. The summed E-state index contributed by atoms with van der Waals surface area (Å²) in [6.07, 6.45) is 0.271. The molecule has 2 amide bonds. The lowest BCUT2D eigenvalue weighted by Gasteiger charge is -2.06. The molecule has 0 heterocycles. The topological polar surface area (TPSA) is 101 Å². The van der Waals surface area contributed by atoms with Crippen LogP contribution in [0.3, 0.4) is 0 Å². The first-order valence-corrected chi connectivity index (χ1v) is 6.85. The lowest BCUT2D eigenvalue weighted by molar-refractivity contribution is -0.384. The number of likely N-dealkylation sites (N-methyl/N-ethyl adjacent to an activating group) is 1. The number of rotatable bonds is 5. The molecule has 0 bridgehead atoms. The summed E-state index contributed by atoms with van der Waals surface area (Å²) >= 11 is 0. The van der Waals surface area contributed by atoms with Crippen molar-refractivity contribution in [1.29, 1.82) is 0 Å². The van der Waals surface area contributed by atoms with Crippen molar-refractivity contribution < 1.29 is 14.5 Å². The molecule has 0 fully saturated rings.